The van der Waals surface area contributed by atoms with Gasteiger partial charge in [0.05, 0.1) is 33.5 Å². The third-order valence-corrected chi connectivity index (χ3v) is 15.7. The van der Waals surface area contributed by atoms with Gasteiger partial charge < -0.3 is 51.0 Å². The Morgan fingerprint density at radius 3 is 1.61 bits per heavy atom. The summed E-state index contributed by atoms with van der Waals surface area (Å²) < 4.78 is 5.39. The summed E-state index contributed by atoms with van der Waals surface area (Å²) in [5, 5.41) is 25.7. The molecule has 0 unspecified atom stereocenters. The van der Waals surface area contributed by atoms with Crippen LogP contribution in [-0.4, -0.2) is 152 Å². The van der Waals surface area contributed by atoms with Crippen molar-refractivity contribution >= 4 is 98.9 Å². The van der Waals surface area contributed by atoms with Crippen LogP contribution in [0.4, 0.5) is 11.6 Å². The molecule has 74 heavy (non-hydrogen) atoms. The maximum atomic E-state index is 13.2. The van der Waals surface area contributed by atoms with Crippen molar-refractivity contribution in [3.05, 3.63) is 90.1 Å². The van der Waals surface area contributed by atoms with E-state index >= 15 is 0 Å². The lowest BCUT2D eigenvalue weighted by Gasteiger charge is -2.37. The average molecular weight is 1090 g/mol. The van der Waals surface area contributed by atoms with Gasteiger partial charge in [-0.15, -0.1) is 32.9 Å². The first-order valence-corrected chi connectivity index (χ1v) is 26.2. The Hall–Kier alpha value is -6.51. The van der Waals surface area contributed by atoms with Crippen LogP contribution < -0.4 is 31.9 Å². The van der Waals surface area contributed by atoms with Crippen molar-refractivity contribution in [3.63, 3.8) is 0 Å². The number of hydrogen-bond acceptors (Lipinski definition) is 18. The molecule has 6 atom stereocenters. The maximum absolute atomic E-state index is 13.2. The van der Waals surface area contributed by atoms with Crippen LogP contribution in [0.15, 0.2) is 47.5 Å². The number of amides is 7. The molecule has 23 nitrogen and oxygen atoms in total. The van der Waals surface area contributed by atoms with Gasteiger partial charge in [0.1, 0.15) is 11.6 Å². The lowest BCUT2D eigenvalue weighted by atomic mass is 9.81. The minimum absolute atomic E-state index is 0.0386. The van der Waals surface area contributed by atoms with Crippen LogP contribution in [0.1, 0.15) is 91.1 Å². The molecule has 2 aliphatic heterocycles. The van der Waals surface area contributed by atoms with Gasteiger partial charge in [0.25, 0.3) is 11.8 Å². The monoisotopic (exact) mass is 1090 g/mol. The van der Waals surface area contributed by atoms with Crippen molar-refractivity contribution in [1.82, 2.24) is 66.1 Å². The molecule has 0 radical (unpaired) electrons. The number of pyridine rings is 2. The van der Waals surface area contributed by atoms with Crippen LogP contribution in [0, 0.1) is 5.92 Å². The molecule has 7 heterocycles. The Kier molecular flexibility index (Phi) is 17.6. The van der Waals surface area contributed by atoms with Crippen LogP contribution in [0.2, 0.25) is 10.0 Å². The molecule has 27 heteroatoms. The zero-order valence-electron chi connectivity index (χ0n) is 40.9. The zero-order chi connectivity index (χ0) is 52.6. The van der Waals surface area contributed by atoms with E-state index < -0.39 is 47.8 Å². The standard InChI is InChI=1S/C24H30ClN7O4S.C23H25ClN8O4S/c1-31(2)24(36)13-4-6-15(27-20(33)21(34)30-19-7-5-14(25)11-26-19)17(10-13)28-22(35)23-29-16-8-9-32(3)12-18(16)37-23;1-32-7-6-15-17(10-32)37-23(29-15)21(35)28-16-8-12(22-31-26-11-36-22)2-4-14(16)27-19(33)20(34)30-18-5-3-13(24)9-25-18/h5,7,11,13,15,17H,4,6,8-10,12H2,1-3H3,(H,27,33)(H,28,35)(H,26,30,34);3,5,9,11-12,14,16H,2,4,6-8,10H2,1H3,(H,27,33)(H,28,35)(H,25,30,34)/t13-,15-,17+;12-,14-,16+/m00/s1. The predicted molar refractivity (Wildman–Crippen MR) is 273 cm³/mol. The van der Waals surface area contributed by atoms with Crippen LogP contribution in [0.25, 0.3) is 0 Å². The summed E-state index contributed by atoms with van der Waals surface area (Å²) in [4.78, 5) is 114. The fraction of sp³-hybridized carbons (Fsp3) is 0.468. The number of halogens is 2. The Bertz CT molecular complexity index is 2850. The normalized spacial score (nSPS) is 21.5. The summed E-state index contributed by atoms with van der Waals surface area (Å²) in [6, 6.07) is 4.03. The molecule has 2 fully saturated rings. The van der Waals surface area contributed by atoms with Crippen molar-refractivity contribution in [3.8, 4) is 0 Å². The van der Waals surface area contributed by atoms with Crippen molar-refractivity contribution in [1.29, 1.82) is 0 Å². The van der Waals surface area contributed by atoms with E-state index in [1.165, 1.54) is 58.5 Å². The number of rotatable bonds is 10. The van der Waals surface area contributed by atoms with E-state index in [-0.39, 0.29) is 41.2 Å². The number of carbonyl (C=O) groups is 7. The van der Waals surface area contributed by atoms with Gasteiger partial charge in [0, 0.05) is 99.2 Å². The Morgan fingerprint density at radius 1 is 0.649 bits per heavy atom. The van der Waals surface area contributed by atoms with Gasteiger partial charge >= 0.3 is 23.6 Å². The van der Waals surface area contributed by atoms with Crippen LogP contribution in [0.3, 0.4) is 0 Å². The van der Waals surface area contributed by atoms with E-state index in [2.05, 4.69) is 71.8 Å². The Morgan fingerprint density at radius 2 is 1.15 bits per heavy atom. The molecular weight excluding hydrogens is 1040 g/mol. The van der Waals surface area contributed by atoms with E-state index in [0.717, 1.165) is 60.2 Å². The maximum Gasteiger partial charge on any atom is 0.314 e. The minimum atomic E-state index is -0.886. The second-order valence-electron chi connectivity index (χ2n) is 18.7. The number of anilines is 2. The zero-order valence-corrected chi connectivity index (χ0v) is 44.0. The number of likely N-dealkylation sites (N-methyl/N-ethyl adjacent to an activating group) is 2. The molecule has 0 aromatic carbocycles. The fourth-order valence-corrected chi connectivity index (χ4v) is 11.6. The van der Waals surface area contributed by atoms with E-state index in [0.29, 0.717) is 64.5 Å². The van der Waals surface area contributed by atoms with Crippen molar-refractivity contribution < 1.29 is 38.0 Å². The topological polar surface area (TPSA) is 292 Å². The molecular formula is C47H55Cl2N15O8S2. The molecule has 2 saturated carbocycles. The molecule has 0 saturated heterocycles. The third-order valence-electron chi connectivity index (χ3n) is 13.1. The number of fused-ring (bicyclic) bond motifs is 2. The van der Waals surface area contributed by atoms with Crippen LogP contribution in [-0.2, 0) is 49.9 Å². The summed E-state index contributed by atoms with van der Waals surface area (Å²) in [7, 11) is 7.44. The molecule has 4 aliphatic rings. The molecule has 0 spiro atoms. The van der Waals surface area contributed by atoms with Crippen molar-refractivity contribution in [2.75, 3.05) is 51.9 Å². The first-order chi connectivity index (χ1) is 35.5. The number of nitrogens with one attached hydrogen (secondary N) is 6. The minimum Gasteiger partial charge on any atom is -0.428 e. The number of aromatic nitrogens is 6. The van der Waals surface area contributed by atoms with Crippen LogP contribution in [0.5, 0.6) is 0 Å². The highest BCUT2D eigenvalue weighted by molar-refractivity contribution is 7.14. The summed E-state index contributed by atoms with van der Waals surface area (Å²) in [6.45, 7) is 3.29. The molecule has 6 N–H and O–H groups in total. The number of carbonyl (C=O) groups excluding carboxylic acids is 7. The first-order valence-electron chi connectivity index (χ1n) is 23.9. The van der Waals surface area contributed by atoms with Gasteiger partial charge in [-0.05, 0) is 76.9 Å². The van der Waals surface area contributed by atoms with Gasteiger partial charge in [-0.3, -0.25) is 33.6 Å². The molecule has 0 bridgehead atoms. The molecule has 5 aromatic rings. The summed E-state index contributed by atoms with van der Waals surface area (Å²) in [5.74, 6) is -3.67. The molecule has 392 valence electrons. The molecule has 7 amide bonds. The molecule has 9 rings (SSSR count). The first kappa shape index (κ1) is 53.8. The van der Waals surface area contributed by atoms with Crippen molar-refractivity contribution in [2.45, 2.75) is 94.5 Å². The van der Waals surface area contributed by atoms with Gasteiger partial charge in [0.2, 0.25) is 18.2 Å². The second-order valence-corrected chi connectivity index (χ2v) is 21.8. The summed E-state index contributed by atoms with van der Waals surface area (Å²) in [6.07, 6.45) is 8.44. The van der Waals surface area contributed by atoms with Crippen LogP contribution >= 0.6 is 45.9 Å². The highest BCUT2D eigenvalue weighted by Crippen LogP contribution is 2.33. The highest BCUT2D eigenvalue weighted by atomic mass is 35.5. The number of hydrogen-bond donors (Lipinski definition) is 6. The van der Waals surface area contributed by atoms with Gasteiger partial charge in [-0.1, -0.05) is 23.2 Å². The fourth-order valence-electron chi connectivity index (χ4n) is 9.19. The van der Waals surface area contributed by atoms with Gasteiger partial charge in [-0.25, -0.2) is 19.9 Å². The molecule has 5 aromatic heterocycles. The van der Waals surface area contributed by atoms with E-state index in [9.17, 15) is 33.6 Å². The molecule has 2 aliphatic carbocycles. The lowest BCUT2D eigenvalue weighted by Crippen LogP contribution is -2.57. The summed E-state index contributed by atoms with van der Waals surface area (Å²) >= 11 is 14.4. The predicted octanol–water partition coefficient (Wildman–Crippen LogP) is 3.04. The quantitative estimate of drug-likeness (QED) is 0.110. The van der Waals surface area contributed by atoms with E-state index in [1.54, 1.807) is 26.2 Å². The Labute approximate surface area is 443 Å². The smallest absolute Gasteiger partial charge is 0.314 e. The van der Waals surface area contributed by atoms with E-state index in [1.807, 2.05) is 14.1 Å². The number of nitrogens with zero attached hydrogens (tertiary/aromatic N) is 9. The largest absolute Gasteiger partial charge is 0.428 e. The number of thiazole rings is 2. The lowest BCUT2D eigenvalue weighted by molar-refractivity contribution is -0.137. The third kappa shape index (κ3) is 13.8. The Balaban J connectivity index is 0.000000197. The van der Waals surface area contributed by atoms with Gasteiger partial charge in [0.15, 0.2) is 10.0 Å². The second kappa shape index (κ2) is 24.2. The highest BCUT2D eigenvalue weighted by Gasteiger charge is 2.39. The van der Waals surface area contributed by atoms with E-state index in [4.69, 9.17) is 27.6 Å². The van der Waals surface area contributed by atoms with Crippen molar-refractivity contribution in [2.24, 2.45) is 5.92 Å². The SMILES string of the molecule is CN1CCc2nc(C(=O)N[C@@H]3C[C@@H](C(=O)N(C)C)CC[C@@H]3NC(=O)C(=O)Nc3ccc(Cl)cn3)sc2C1.CN1CCc2nc(C(=O)N[C@@H]3C[C@@H](c4nnco4)CC[C@@H]3NC(=O)C(=O)Nc3ccc(Cl)cn3)sc2C1. The average Bonchev–Trinajstić information content (AvgIpc) is 4.17. The van der Waals surface area contributed by atoms with Gasteiger partial charge in [-0.2, -0.15) is 0 Å². The summed E-state index contributed by atoms with van der Waals surface area (Å²) in [5.41, 5.74) is 1.90.